The molecule has 0 unspecified atom stereocenters. The Bertz CT molecular complexity index is 1060. The molecule has 0 radical (unpaired) electrons. The van der Waals surface area contributed by atoms with Gasteiger partial charge in [-0.05, 0) is 18.2 Å². The number of hydrogen-bond acceptors (Lipinski definition) is 3. The maximum atomic E-state index is 13.0. The molecule has 0 aliphatic carbocycles. The number of aryl methyl sites for hydroxylation is 1. The molecule has 134 valence electrons. The van der Waals surface area contributed by atoms with Gasteiger partial charge in [-0.25, -0.2) is 5.43 Å². The van der Waals surface area contributed by atoms with Gasteiger partial charge in [0.2, 0.25) is 5.43 Å². The molecule has 3 rings (SSSR count). The number of carbonyl (C=O) groups excluding carboxylic acids is 1. The number of benzene rings is 1. The minimum atomic E-state index is -4.62. The van der Waals surface area contributed by atoms with E-state index in [9.17, 15) is 22.8 Å². The zero-order chi connectivity index (χ0) is 18.9. The molecule has 26 heavy (non-hydrogen) atoms. The first-order valence-electron chi connectivity index (χ1n) is 7.44. The first-order valence-corrected chi connectivity index (χ1v) is 7.44. The number of aromatic nitrogens is 2. The average Bonchev–Trinajstić information content (AvgIpc) is 2.99. The summed E-state index contributed by atoms with van der Waals surface area (Å²) in [5, 5.41) is 3.52. The number of halogens is 3. The molecular formula is C17H13F3N4O2. The van der Waals surface area contributed by atoms with E-state index in [1.807, 2.05) is 7.05 Å². The van der Waals surface area contributed by atoms with Crippen molar-refractivity contribution in [1.29, 1.82) is 0 Å². The van der Waals surface area contributed by atoms with Gasteiger partial charge in [-0.2, -0.15) is 18.3 Å². The number of hydrazone groups is 1. The number of nitrogens with one attached hydrogen (secondary N) is 2. The fourth-order valence-corrected chi connectivity index (χ4v) is 2.48. The number of alkyl halides is 3. The van der Waals surface area contributed by atoms with Gasteiger partial charge in [0, 0.05) is 36.6 Å². The number of para-hydroxylation sites is 1. The van der Waals surface area contributed by atoms with Gasteiger partial charge >= 0.3 is 6.18 Å². The molecule has 1 aromatic carbocycles. The summed E-state index contributed by atoms with van der Waals surface area (Å²) in [4.78, 5) is 26.9. The van der Waals surface area contributed by atoms with Crippen LogP contribution in [-0.2, 0) is 13.2 Å². The Kier molecular flexibility index (Phi) is 4.37. The summed E-state index contributed by atoms with van der Waals surface area (Å²) < 4.78 is 40.8. The number of H-pyrrole nitrogens is 1. The van der Waals surface area contributed by atoms with Crippen LogP contribution in [0.25, 0.3) is 10.9 Å². The Morgan fingerprint density at radius 3 is 2.73 bits per heavy atom. The van der Waals surface area contributed by atoms with Crippen LogP contribution in [0, 0.1) is 0 Å². The van der Waals surface area contributed by atoms with Gasteiger partial charge in [-0.3, -0.25) is 9.59 Å². The fraction of sp³-hybridized carbons (Fsp3) is 0.118. The highest BCUT2D eigenvalue weighted by molar-refractivity contribution is 5.98. The van der Waals surface area contributed by atoms with E-state index in [2.05, 4.69) is 15.5 Å². The average molecular weight is 362 g/mol. The van der Waals surface area contributed by atoms with E-state index in [-0.39, 0.29) is 16.5 Å². The first-order chi connectivity index (χ1) is 12.3. The van der Waals surface area contributed by atoms with Crippen molar-refractivity contribution in [1.82, 2.24) is 15.0 Å². The molecule has 0 saturated carbocycles. The molecule has 0 fully saturated rings. The second-order valence-electron chi connectivity index (χ2n) is 5.57. The van der Waals surface area contributed by atoms with Crippen LogP contribution < -0.4 is 10.9 Å². The lowest BCUT2D eigenvalue weighted by Crippen LogP contribution is -2.25. The number of pyridine rings is 1. The molecule has 9 heteroatoms. The topological polar surface area (TPSA) is 79.2 Å². The molecule has 0 spiro atoms. The lowest BCUT2D eigenvalue weighted by atomic mass is 10.1. The monoisotopic (exact) mass is 362 g/mol. The van der Waals surface area contributed by atoms with E-state index in [0.717, 1.165) is 23.9 Å². The van der Waals surface area contributed by atoms with Crippen molar-refractivity contribution in [3.8, 4) is 0 Å². The highest BCUT2D eigenvalue weighted by Gasteiger charge is 2.33. The van der Waals surface area contributed by atoms with Gasteiger partial charge < -0.3 is 9.55 Å². The van der Waals surface area contributed by atoms with Crippen molar-refractivity contribution < 1.29 is 18.0 Å². The summed E-state index contributed by atoms with van der Waals surface area (Å²) in [5.74, 6) is -0.822. The van der Waals surface area contributed by atoms with Crippen molar-refractivity contribution >= 4 is 23.0 Å². The Morgan fingerprint density at radius 1 is 1.31 bits per heavy atom. The molecule has 2 aromatic heterocycles. The van der Waals surface area contributed by atoms with E-state index in [1.54, 1.807) is 23.0 Å². The molecule has 0 aliphatic rings. The summed E-state index contributed by atoms with van der Waals surface area (Å²) in [5.41, 5.74) is 0.441. The lowest BCUT2D eigenvalue weighted by Gasteiger charge is -2.10. The van der Waals surface area contributed by atoms with Crippen molar-refractivity contribution in [2.75, 3.05) is 0 Å². The molecule has 2 heterocycles. The maximum Gasteiger partial charge on any atom is 0.418 e. The predicted octanol–water partition coefficient (Wildman–Crippen LogP) is 2.65. The van der Waals surface area contributed by atoms with Crippen molar-refractivity contribution in [3.63, 3.8) is 0 Å². The van der Waals surface area contributed by atoms with Crippen LogP contribution in [0.4, 0.5) is 13.2 Å². The highest BCUT2D eigenvalue weighted by atomic mass is 19.4. The van der Waals surface area contributed by atoms with Crippen LogP contribution in [0.2, 0.25) is 0 Å². The third kappa shape index (κ3) is 3.37. The number of aromatic amines is 1. The van der Waals surface area contributed by atoms with Crippen LogP contribution in [0.1, 0.15) is 21.5 Å². The van der Waals surface area contributed by atoms with Gasteiger partial charge in [0.1, 0.15) is 5.56 Å². The minimum absolute atomic E-state index is 0.223. The standard InChI is InChI=1S/C17H13F3N4O2/c1-24-6-5-10(9-24)7-22-23-16(26)12-8-21-14-11(15(12)25)3-2-4-13(14)17(18,19)20/h2-9H,1H3,(H,21,25)(H,23,26)/b22-7-. The molecular weight excluding hydrogens is 349 g/mol. The summed E-state index contributed by atoms with van der Waals surface area (Å²) >= 11 is 0. The second-order valence-corrected chi connectivity index (χ2v) is 5.57. The molecule has 6 nitrogen and oxygen atoms in total. The SMILES string of the molecule is Cn1ccc(/C=N\NC(=O)c2c[nH]c3c(C(F)(F)F)cccc3c2=O)c1. The summed E-state index contributed by atoms with van der Waals surface area (Å²) in [6.07, 6.45) is 1.26. The third-order valence-corrected chi connectivity index (χ3v) is 3.70. The summed E-state index contributed by atoms with van der Waals surface area (Å²) in [6.45, 7) is 0. The van der Waals surface area contributed by atoms with E-state index in [4.69, 9.17) is 0 Å². The van der Waals surface area contributed by atoms with Crippen LogP contribution in [0.5, 0.6) is 0 Å². The number of fused-ring (bicyclic) bond motifs is 1. The van der Waals surface area contributed by atoms with E-state index in [0.29, 0.717) is 0 Å². The van der Waals surface area contributed by atoms with Gasteiger partial charge in [0.05, 0.1) is 17.3 Å². The van der Waals surface area contributed by atoms with Gasteiger partial charge in [-0.15, -0.1) is 0 Å². The highest BCUT2D eigenvalue weighted by Crippen LogP contribution is 2.32. The minimum Gasteiger partial charge on any atom is -0.360 e. The zero-order valence-corrected chi connectivity index (χ0v) is 13.5. The van der Waals surface area contributed by atoms with E-state index >= 15 is 0 Å². The molecule has 1 amide bonds. The van der Waals surface area contributed by atoms with Crippen LogP contribution >= 0.6 is 0 Å². The Morgan fingerprint density at radius 2 is 2.08 bits per heavy atom. The molecule has 3 aromatic rings. The van der Waals surface area contributed by atoms with Crippen molar-refractivity contribution in [3.05, 3.63) is 69.8 Å². The number of nitrogens with zero attached hydrogens (tertiary/aromatic N) is 2. The molecule has 0 saturated heterocycles. The zero-order valence-electron chi connectivity index (χ0n) is 13.5. The normalized spacial score (nSPS) is 12.0. The second kappa shape index (κ2) is 6.51. The van der Waals surface area contributed by atoms with E-state index in [1.165, 1.54) is 12.3 Å². The van der Waals surface area contributed by atoms with Gasteiger partial charge in [0.25, 0.3) is 5.91 Å². The fourth-order valence-electron chi connectivity index (χ4n) is 2.48. The Labute approximate surface area is 145 Å². The smallest absolute Gasteiger partial charge is 0.360 e. The number of carbonyl (C=O) groups is 1. The van der Waals surface area contributed by atoms with Crippen LogP contribution in [0.15, 0.2) is 52.8 Å². The molecule has 0 bridgehead atoms. The van der Waals surface area contributed by atoms with Gasteiger partial charge in [-0.1, -0.05) is 6.07 Å². The first kappa shape index (κ1) is 17.5. The van der Waals surface area contributed by atoms with Gasteiger partial charge in [0.15, 0.2) is 0 Å². The van der Waals surface area contributed by atoms with Crippen molar-refractivity contribution in [2.24, 2.45) is 12.1 Å². The number of rotatable bonds is 3. The largest absolute Gasteiger partial charge is 0.418 e. The molecule has 0 atom stereocenters. The molecule has 2 N–H and O–H groups in total. The Balaban J connectivity index is 1.91. The van der Waals surface area contributed by atoms with Crippen LogP contribution in [-0.4, -0.2) is 21.7 Å². The predicted molar refractivity (Wildman–Crippen MR) is 90.0 cm³/mol. The molecule has 0 aliphatic heterocycles. The maximum absolute atomic E-state index is 13.0. The summed E-state index contributed by atoms with van der Waals surface area (Å²) in [6, 6.07) is 4.97. The van der Waals surface area contributed by atoms with Crippen molar-refractivity contribution in [2.45, 2.75) is 6.18 Å². The number of amides is 1. The van der Waals surface area contributed by atoms with Crippen LogP contribution in [0.3, 0.4) is 0 Å². The van der Waals surface area contributed by atoms with E-state index < -0.39 is 23.1 Å². The Hall–Kier alpha value is -3.36. The third-order valence-electron chi connectivity index (χ3n) is 3.70. The lowest BCUT2D eigenvalue weighted by molar-refractivity contribution is -0.136. The summed E-state index contributed by atoms with van der Waals surface area (Å²) in [7, 11) is 1.82. The quantitative estimate of drug-likeness (QED) is 0.555. The number of hydrogen-bond donors (Lipinski definition) is 2.